The molecule has 0 bridgehead atoms. The summed E-state index contributed by atoms with van der Waals surface area (Å²) < 4.78 is 5.37. The second-order valence-corrected chi connectivity index (χ2v) is 9.73. The van der Waals surface area contributed by atoms with Crippen molar-refractivity contribution in [3.8, 4) is 22.5 Å². The lowest BCUT2D eigenvalue weighted by Gasteiger charge is -2.19. The Hall–Kier alpha value is -4.85. The summed E-state index contributed by atoms with van der Waals surface area (Å²) in [4.78, 5) is 30.8. The van der Waals surface area contributed by atoms with Crippen LogP contribution in [-0.4, -0.2) is 31.6 Å². The molecule has 2 N–H and O–H groups in total. The van der Waals surface area contributed by atoms with Gasteiger partial charge in [0, 0.05) is 18.0 Å². The Kier molecular flexibility index (Phi) is 6.95. The highest BCUT2D eigenvalue weighted by atomic mass is 16.6. The van der Waals surface area contributed by atoms with Crippen molar-refractivity contribution in [2.24, 2.45) is 0 Å². The summed E-state index contributed by atoms with van der Waals surface area (Å²) in [5.41, 5.74) is 4.31. The second kappa shape index (κ2) is 10.6. The van der Waals surface area contributed by atoms with E-state index < -0.39 is 11.7 Å². The summed E-state index contributed by atoms with van der Waals surface area (Å²) in [6.45, 7) is 5.93. The van der Waals surface area contributed by atoms with Crippen molar-refractivity contribution in [3.63, 3.8) is 0 Å². The fourth-order valence-corrected chi connectivity index (χ4v) is 4.03. The van der Waals surface area contributed by atoms with Gasteiger partial charge >= 0.3 is 6.09 Å². The van der Waals surface area contributed by atoms with Gasteiger partial charge in [0.2, 0.25) is 0 Å². The Morgan fingerprint density at radius 3 is 2.47 bits per heavy atom. The van der Waals surface area contributed by atoms with Crippen LogP contribution < -0.4 is 10.6 Å². The van der Waals surface area contributed by atoms with Gasteiger partial charge in [-0.3, -0.25) is 15.3 Å². The molecular weight excluding hydrogens is 476 g/mol. The molecule has 1 amide bonds. The number of nitrogens with zero attached hydrogens (tertiary/aromatic N) is 4. The van der Waals surface area contributed by atoms with Crippen LogP contribution in [0.25, 0.3) is 33.4 Å². The van der Waals surface area contributed by atoms with E-state index in [-0.39, 0.29) is 0 Å². The minimum atomic E-state index is -0.610. The van der Waals surface area contributed by atoms with Crippen LogP contribution in [0.15, 0.2) is 91.4 Å². The molecule has 0 aliphatic rings. The fourth-order valence-electron chi connectivity index (χ4n) is 4.03. The van der Waals surface area contributed by atoms with E-state index in [1.54, 1.807) is 24.7 Å². The lowest BCUT2D eigenvalue weighted by molar-refractivity contribution is 0.0636. The zero-order valence-corrected chi connectivity index (χ0v) is 21.5. The fraction of sp³-hybridized carbons (Fsp3) is 0.167. The lowest BCUT2D eigenvalue weighted by Crippen LogP contribution is -2.27. The van der Waals surface area contributed by atoms with Crippen LogP contribution in [0, 0.1) is 0 Å². The Morgan fingerprint density at radius 1 is 0.895 bits per heavy atom. The predicted molar refractivity (Wildman–Crippen MR) is 150 cm³/mol. The zero-order chi connectivity index (χ0) is 26.5. The standard InChI is InChI=1S/C30H28N6O2/c1-30(2,3)38-29(37)34-23-16-21(17-31-18-23)27-35-25-14-9-13-24(20-10-5-4-6-11-20)26(25)28(36-27)33-19-22-12-7-8-15-32-22/h4-18H,19H2,1-3H3,(H,34,37)(H,33,35,36). The smallest absolute Gasteiger partial charge is 0.412 e. The normalized spacial score (nSPS) is 11.2. The van der Waals surface area contributed by atoms with Crippen LogP contribution in [0.1, 0.15) is 26.5 Å². The zero-order valence-electron chi connectivity index (χ0n) is 21.5. The summed E-state index contributed by atoms with van der Waals surface area (Å²) in [5.74, 6) is 1.16. The lowest BCUT2D eigenvalue weighted by atomic mass is 10.0. The van der Waals surface area contributed by atoms with Crippen LogP contribution in [0.3, 0.4) is 0 Å². The molecule has 0 atom stereocenters. The Balaban J connectivity index is 1.56. The topological polar surface area (TPSA) is 102 Å². The van der Waals surface area contributed by atoms with Gasteiger partial charge in [0.1, 0.15) is 11.4 Å². The molecule has 0 fully saturated rings. The van der Waals surface area contributed by atoms with Crippen LogP contribution in [-0.2, 0) is 11.3 Å². The first-order valence-corrected chi connectivity index (χ1v) is 12.3. The van der Waals surface area contributed by atoms with E-state index >= 15 is 0 Å². The molecular formula is C30H28N6O2. The Morgan fingerprint density at radius 2 is 1.71 bits per heavy atom. The number of pyridine rings is 2. The van der Waals surface area contributed by atoms with E-state index in [9.17, 15) is 4.79 Å². The van der Waals surface area contributed by atoms with Crippen molar-refractivity contribution in [3.05, 3.63) is 97.1 Å². The van der Waals surface area contributed by atoms with E-state index in [4.69, 9.17) is 14.7 Å². The first-order valence-electron chi connectivity index (χ1n) is 12.3. The Labute approximate surface area is 221 Å². The molecule has 0 radical (unpaired) electrons. The summed E-state index contributed by atoms with van der Waals surface area (Å²) >= 11 is 0. The molecule has 5 aromatic rings. The van der Waals surface area contributed by atoms with Gasteiger partial charge in [-0.05, 0) is 56.2 Å². The molecule has 3 heterocycles. The molecule has 3 aromatic heterocycles. The third kappa shape index (κ3) is 5.92. The number of nitrogens with one attached hydrogen (secondary N) is 2. The summed E-state index contributed by atoms with van der Waals surface area (Å²) in [6.07, 6.45) is 4.44. The average Bonchev–Trinajstić information content (AvgIpc) is 2.91. The van der Waals surface area contributed by atoms with Gasteiger partial charge in [0.05, 0.1) is 35.0 Å². The van der Waals surface area contributed by atoms with Crippen molar-refractivity contribution < 1.29 is 9.53 Å². The number of aromatic nitrogens is 4. The Bertz CT molecular complexity index is 1570. The molecule has 0 unspecified atom stereocenters. The second-order valence-electron chi connectivity index (χ2n) is 9.73. The van der Waals surface area contributed by atoms with Crippen LogP contribution in [0.2, 0.25) is 0 Å². The molecule has 38 heavy (non-hydrogen) atoms. The van der Waals surface area contributed by atoms with Gasteiger partial charge in [0.15, 0.2) is 5.82 Å². The molecule has 0 spiro atoms. The number of hydrogen-bond acceptors (Lipinski definition) is 7. The molecule has 5 rings (SSSR count). The molecule has 8 nitrogen and oxygen atoms in total. The molecule has 0 saturated carbocycles. The van der Waals surface area contributed by atoms with Crippen molar-refractivity contribution >= 4 is 28.5 Å². The summed E-state index contributed by atoms with van der Waals surface area (Å²) in [7, 11) is 0. The maximum atomic E-state index is 12.3. The first kappa shape index (κ1) is 24.8. The maximum absolute atomic E-state index is 12.3. The van der Waals surface area contributed by atoms with Crippen molar-refractivity contribution in [2.45, 2.75) is 32.9 Å². The monoisotopic (exact) mass is 504 g/mol. The van der Waals surface area contributed by atoms with Gasteiger partial charge < -0.3 is 10.1 Å². The molecule has 190 valence electrons. The number of anilines is 2. The molecule has 0 aliphatic heterocycles. The third-order valence-electron chi connectivity index (χ3n) is 5.61. The van der Waals surface area contributed by atoms with E-state index in [0.717, 1.165) is 27.7 Å². The SMILES string of the molecule is CC(C)(C)OC(=O)Nc1cncc(-c2nc(NCc3ccccn3)c3c(-c4ccccc4)cccc3n2)c1. The van der Waals surface area contributed by atoms with Crippen LogP contribution >= 0.6 is 0 Å². The van der Waals surface area contributed by atoms with Crippen molar-refractivity contribution in [1.82, 2.24) is 19.9 Å². The quantitative estimate of drug-likeness (QED) is 0.265. The highest BCUT2D eigenvalue weighted by Gasteiger charge is 2.18. The van der Waals surface area contributed by atoms with Gasteiger partial charge in [0.25, 0.3) is 0 Å². The summed E-state index contributed by atoms with van der Waals surface area (Å²) in [6, 6.07) is 23.8. The number of amides is 1. The minimum absolute atomic E-state index is 0.478. The first-order chi connectivity index (χ1) is 18.4. The van der Waals surface area contributed by atoms with E-state index in [1.165, 1.54) is 0 Å². The average molecular weight is 505 g/mol. The van der Waals surface area contributed by atoms with Crippen molar-refractivity contribution in [2.75, 3.05) is 10.6 Å². The number of ether oxygens (including phenoxy) is 1. The van der Waals surface area contributed by atoms with Crippen LogP contribution in [0.4, 0.5) is 16.3 Å². The van der Waals surface area contributed by atoms with E-state index in [2.05, 4.69) is 38.8 Å². The number of hydrogen-bond donors (Lipinski definition) is 2. The van der Waals surface area contributed by atoms with E-state index in [0.29, 0.717) is 29.4 Å². The number of carbonyl (C=O) groups excluding carboxylic acids is 1. The number of fused-ring (bicyclic) bond motifs is 1. The highest BCUT2D eigenvalue weighted by molar-refractivity contribution is 6.02. The largest absolute Gasteiger partial charge is 0.444 e. The molecule has 0 aliphatic carbocycles. The highest BCUT2D eigenvalue weighted by Crippen LogP contribution is 2.34. The number of carbonyl (C=O) groups is 1. The van der Waals surface area contributed by atoms with Crippen molar-refractivity contribution in [1.29, 1.82) is 0 Å². The molecule has 8 heteroatoms. The third-order valence-corrected chi connectivity index (χ3v) is 5.61. The predicted octanol–water partition coefficient (Wildman–Crippen LogP) is 6.71. The van der Waals surface area contributed by atoms with Gasteiger partial charge in [-0.25, -0.2) is 14.8 Å². The minimum Gasteiger partial charge on any atom is -0.444 e. The number of rotatable bonds is 6. The van der Waals surface area contributed by atoms with E-state index in [1.807, 2.05) is 69.3 Å². The van der Waals surface area contributed by atoms with Gasteiger partial charge in [-0.15, -0.1) is 0 Å². The maximum Gasteiger partial charge on any atom is 0.412 e. The van der Waals surface area contributed by atoms with Gasteiger partial charge in [-0.2, -0.15) is 0 Å². The van der Waals surface area contributed by atoms with Crippen LogP contribution in [0.5, 0.6) is 0 Å². The van der Waals surface area contributed by atoms with Gasteiger partial charge in [-0.1, -0.05) is 48.5 Å². The number of benzene rings is 2. The summed E-state index contributed by atoms with van der Waals surface area (Å²) in [5, 5.41) is 7.12. The molecule has 0 saturated heterocycles. The molecule has 2 aromatic carbocycles.